The normalized spacial score (nSPS) is 14.2. The number of nitrogens with zero attached hydrogens (tertiary/aromatic N) is 1. The summed E-state index contributed by atoms with van der Waals surface area (Å²) in [6, 6.07) is 0. The molecule has 0 aromatic carbocycles. The van der Waals surface area contributed by atoms with E-state index in [2.05, 4.69) is 19.0 Å². The maximum Gasteiger partial charge on any atom is 0.0466 e. The molecular weight excluding hydrogens is 126 g/mol. The van der Waals surface area contributed by atoms with Gasteiger partial charge >= 0.3 is 0 Å². The summed E-state index contributed by atoms with van der Waals surface area (Å²) in [4.78, 5) is 0. The quantitative estimate of drug-likeness (QED) is 0.358. The molecule has 0 rings (SSSR count). The van der Waals surface area contributed by atoms with Gasteiger partial charge < -0.3 is 5.21 Å². The molecule has 2 heteroatoms. The highest BCUT2D eigenvalue weighted by atomic mass is 16.4. The molecular formula is C8H17NO. The average molecular weight is 143 g/mol. The lowest BCUT2D eigenvalue weighted by atomic mass is 10.0. The molecule has 10 heavy (non-hydrogen) atoms. The highest BCUT2D eigenvalue weighted by molar-refractivity contribution is 5.59. The molecule has 1 atom stereocenters. The minimum absolute atomic E-state index is 0.477. The summed E-state index contributed by atoms with van der Waals surface area (Å²) in [5.41, 5.74) is 0. The van der Waals surface area contributed by atoms with Crippen LogP contribution in [0.25, 0.3) is 0 Å². The number of oxime groups is 1. The Morgan fingerprint density at radius 1 is 1.50 bits per heavy atom. The Hall–Kier alpha value is -0.530. The van der Waals surface area contributed by atoms with Crippen LogP contribution in [0.3, 0.4) is 0 Å². The van der Waals surface area contributed by atoms with Crippen molar-refractivity contribution in [3.8, 4) is 0 Å². The summed E-state index contributed by atoms with van der Waals surface area (Å²) in [5.74, 6) is 0.477. The molecule has 1 unspecified atom stereocenters. The van der Waals surface area contributed by atoms with Crippen molar-refractivity contribution in [2.45, 2.75) is 39.5 Å². The molecule has 60 valence electrons. The Labute approximate surface area is 62.9 Å². The Morgan fingerprint density at radius 3 is 2.60 bits per heavy atom. The van der Waals surface area contributed by atoms with Crippen molar-refractivity contribution in [1.29, 1.82) is 0 Å². The van der Waals surface area contributed by atoms with Crippen LogP contribution in [0, 0.1) is 5.92 Å². The second kappa shape index (κ2) is 6.59. The van der Waals surface area contributed by atoms with E-state index in [4.69, 9.17) is 5.21 Å². The first-order chi connectivity index (χ1) is 4.85. The van der Waals surface area contributed by atoms with Crippen LogP contribution >= 0.6 is 0 Å². The van der Waals surface area contributed by atoms with Crippen molar-refractivity contribution in [3.05, 3.63) is 0 Å². The second-order valence-corrected chi connectivity index (χ2v) is 2.58. The van der Waals surface area contributed by atoms with Gasteiger partial charge in [0.15, 0.2) is 0 Å². The zero-order chi connectivity index (χ0) is 7.82. The third kappa shape index (κ3) is 4.36. The summed E-state index contributed by atoms with van der Waals surface area (Å²) >= 11 is 0. The fourth-order valence-electron chi connectivity index (χ4n) is 0.945. The maximum atomic E-state index is 8.24. The largest absolute Gasteiger partial charge is 0.411 e. The van der Waals surface area contributed by atoms with Gasteiger partial charge in [-0.15, -0.1) is 5.16 Å². The fraction of sp³-hybridized carbons (Fsp3) is 0.875. The minimum Gasteiger partial charge on any atom is -0.411 e. The van der Waals surface area contributed by atoms with Crippen molar-refractivity contribution in [1.82, 2.24) is 0 Å². The predicted octanol–water partition coefficient (Wildman–Crippen LogP) is 2.66. The lowest BCUT2D eigenvalue weighted by molar-refractivity contribution is 0.317. The smallest absolute Gasteiger partial charge is 0.0466 e. The molecule has 0 saturated carbocycles. The molecule has 2 nitrogen and oxygen atoms in total. The Balaban J connectivity index is 3.39. The molecule has 0 radical (unpaired) electrons. The molecule has 0 heterocycles. The molecule has 0 aliphatic rings. The molecule has 0 aromatic rings. The average Bonchev–Trinajstić information content (AvgIpc) is 1.98. The van der Waals surface area contributed by atoms with E-state index in [9.17, 15) is 0 Å². The first kappa shape index (κ1) is 9.47. The van der Waals surface area contributed by atoms with E-state index in [-0.39, 0.29) is 0 Å². The summed E-state index contributed by atoms with van der Waals surface area (Å²) in [6.45, 7) is 4.28. The number of hydrogen-bond donors (Lipinski definition) is 1. The van der Waals surface area contributed by atoms with E-state index < -0.39 is 0 Å². The van der Waals surface area contributed by atoms with Gasteiger partial charge in [0.1, 0.15) is 0 Å². The molecule has 0 fully saturated rings. The molecule has 0 aliphatic heterocycles. The summed E-state index contributed by atoms with van der Waals surface area (Å²) in [5, 5.41) is 11.3. The predicted molar refractivity (Wildman–Crippen MR) is 43.6 cm³/mol. The van der Waals surface area contributed by atoms with Gasteiger partial charge in [-0.1, -0.05) is 26.7 Å². The van der Waals surface area contributed by atoms with Crippen molar-refractivity contribution in [2.24, 2.45) is 11.1 Å². The number of hydrogen-bond acceptors (Lipinski definition) is 2. The van der Waals surface area contributed by atoms with E-state index in [1.54, 1.807) is 6.21 Å². The summed E-state index contributed by atoms with van der Waals surface area (Å²) in [7, 11) is 0. The fourth-order valence-corrected chi connectivity index (χ4v) is 0.945. The van der Waals surface area contributed by atoms with Gasteiger partial charge in [0.2, 0.25) is 0 Å². The second-order valence-electron chi connectivity index (χ2n) is 2.58. The molecule has 1 N–H and O–H groups in total. The van der Waals surface area contributed by atoms with Gasteiger partial charge in [0.05, 0.1) is 0 Å². The van der Waals surface area contributed by atoms with Crippen LogP contribution in [0.15, 0.2) is 5.16 Å². The lowest BCUT2D eigenvalue weighted by Gasteiger charge is -2.05. The topological polar surface area (TPSA) is 32.6 Å². The van der Waals surface area contributed by atoms with E-state index in [0.717, 1.165) is 12.8 Å². The highest BCUT2D eigenvalue weighted by Gasteiger charge is 2.00. The van der Waals surface area contributed by atoms with Crippen LogP contribution < -0.4 is 0 Å². The van der Waals surface area contributed by atoms with Crippen LogP contribution in [0.2, 0.25) is 0 Å². The van der Waals surface area contributed by atoms with Crippen LogP contribution in [-0.4, -0.2) is 11.4 Å². The van der Waals surface area contributed by atoms with Crippen LogP contribution in [0.1, 0.15) is 39.5 Å². The van der Waals surface area contributed by atoms with Gasteiger partial charge in [-0.05, 0) is 18.8 Å². The van der Waals surface area contributed by atoms with E-state index in [1.165, 1.54) is 12.8 Å². The molecule has 0 amide bonds. The third-order valence-electron chi connectivity index (χ3n) is 1.73. The first-order valence-corrected chi connectivity index (χ1v) is 4.02. The maximum absolute atomic E-state index is 8.24. The molecule has 0 aliphatic carbocycles. The molecule has 0 spiro atoms. The molecule has 0 aromatic heterocycles. The van der Waals surface area contributed by atoms with Crippen molar-refractivity contribution in [3.63, 3.8) is 0 Å². The van der Waals surface area contributed by atoms with Crippen LogP contribution in [-0.2, 0) is 0 Å². The van der Waals surface area contributed by atoms with Gasteiger partial charge in [-0.25, -0.2) is 0 Å². The Kier molecular flexibility index (Phi) is 6.24. The number of rotatable bonds is 5. The summed E-state index contributed by atoms with van der Waals surface area (Å²) in [6.07, 6.45) is 6.30. The lowest BCUT2D eigenvalue weighted by Crippen LogP contribution is -1.99. The zero-order valence-electron chi connectivity index (χ0n) is 6.88. The van der Waals surface area contributed by atoms with Crippen LogP contribution in [0.4, 0.5) is 0 Å². The SMILES string of the molecule is CCCCC(/C=N/O)CC. The van der Waals surface area contributed by atoms with E-state index in [0.29, 0.717) is 5.92 Å². The van der Waals surface area contributed by atoms with Crippen molar-refractivity contribution < 1.29 is 5.21 Å². The van der Waals surface area contributed by atoms with Crippen molar-refractivity contribution >= 4 is 6.21 Å². The Morgan fingerprint density at radius 2 is 2.20 bits per heavy atom. The zero-order valence-corrected chi connectivity index (χ0v) is 6.88. The third-order valence-corrected chi connectivity index (χ3v) is 1.73. The van der Waals surface area contributed by atoms with Crippen molar-refractivity contribution in [2.75, 3.05) is 0 Å². The van der Waals surface area contributed by atoms with Gasteiger partial charge in [0, 0.05) is 6.21 Å². The molecule has 0 bridgehead atoms. The van der Waals surface area contributed by atoms with E-state index >= 15 is 0 Å². The first-order valence-electron chi connectivity index (χ1n) is 4.02. The Bertz CT molecular complexity index is 91.3. The molecule has 0 saturated heterocycles. The standard InChI is InChI=1S/C8H17NO/c1-3-5-6-8(4-2)7-9-10/h7-8,10H,3-6H2,1-2H3/b9-7+. The highest BCUT2D eigenvalue weighted by Crippen LogP contribution is 2.09. The summed E-state index contributed by atoms with van der Waals surface area (Å²) < 4.78 is 0. The van der Waals surface area contributed by atoms with E-state index in [1.807, 2.05) is 0 Å². The van der Waals surface area contributed by atoms with Gasteiger partial charge in [0.25, 0.3) is 0 Å². The monoisotopic (exact) mass is 143 g/mol. The van der Waals surface area contributed by atoms with Gasteiger partial charge in [-0.3, -0.25) is 0 Å². The number of unbranched alkanes of at least 4 members (excludes halogenated alkanes) is 1. The van der Waals surface area contributed by atoms with Gasteiger partial charge in [-0.2, -0.15) is 0 Å². The van der Waals surface area contributed by atoms with Crippen LogP contribution in [0.5, 0.6) is 0 Å². The minimum atomic E-state index is 0.477.